The molecule has 9 aromatic rings. The van der Waals surface area contributed by atoms with Crippen LogP contribution in [0.4, 0.5) is 0 Å². The lowest BCUT2D eigenvalue weighted by Crippen LogP contribution is -2.28. The molecule has 0 saturated carbocycles. The average Bonchev–Trinajstić information content (AvgIpc) is 3.62. The number of aromatic nitrogens is 1. The molecule has 11 rings (SSSR count). The van der Waals surface area contributed by atoms with Crippen molar-refractivity contribution in [2.24, 2.45) is 5.92 Å². The average molecular weight is 705 g/mol. The Morgan fingerprint density at radius 3 is 2.05 bits per heavy atom. The van der Waals surface area contributed by atoms with Gasteiger partial charge in [-0.15, -0.1) is 0 Å². The molecule has 0 radical (unpaired) electrons. The highest BCUT2D eigenvalue weighted by Crippen LogP contribution is 2.45. The Labute approximate surface area is 321 Å². The van der Waals surface area contributed by atoms with Crippen molar-refractivity contribution in [3.8, 4) is 5.69 Å². The fourth-order valence-corrected chi connectivity index (χ4v) is 9.48. The van der Waals surface area contributed by atoms with Crippen LogP contribution in [-0.2, 0) is 0 Å². The molecule has 8 aromatic carbocycles. The lowest BCUT2D eigenvalue weighted by Gasteiger charge is -2.32. The molecule has 1 aliphatic heterocycles. The van der Waals surface area contributed by atoms with E-state index in [2.05, 4.69) is 198 Å². The Balaban J connectivity index is 1.07. The van der Waals surface area contributed by atoms with Gasteiger partial charge in [0.05, 0.1) is 17.1 Å². The van der Waals surface area contributed by atoms with Crippen molar-refractivity contribution in [1.82, 2.24) is 9.88 Å². The molecular weight excluding hydrogens is 665 g/mol. The summed E-state index contributed by atoms with van der Waals surface area (Å²) in [5, 5.41) is 14.4. The van der Waals surface area contributed by atoms with Gasteiger partial charge in [0, 0.05) is 38.8 Å². The van der Waals surface area contributed by atoms with E-state index in [1.54, 1.807) is 0 Å². The highest BCUT2D eigenvalue weighted by Gasteiger charge is 2.26. The lowest BCUT2D eigenvalue weighted by molar-refractivity contribution is 0.500. The fraction of sp³-hybridized carbons (Fsp3) is 0.0943. The molecule has 1 aliphatic carbocycles. The highest BCUT2D eigenvalue weighted by molar-refractivity contribution is 6.36. The van der Waals surface area contributed by atoms with Crippen LogP contribution in [0.15, 0.2) is 194 Å². The smallest absolute Gasteiger partial charge is 0.0704 e. The van der Waals surface area contributed by atoms with Crippen LogP contribution in [-0.4, -0.2) is 4.57 Å². The van der Waals surface area contributed by atoms with Gasteiger partial charge in [-0.3, -0.25) is 0 Å². The van der Waals surface area contributed by atoms with Crippen LogP contribution in [0.1, 0.15) is 42.0 Å². The molecular formula is C53H40N2. The predicted molar refractivity (Wildman–Crippen MR) is 233 cm³/mol. The number of dihydropyridines is 1. The maximum Gasteiger partial charge on any atom is 0.0704 e. The number of nitrogens with one attached hydrogen (secondary N) is 1. The number of hydrogen-bond acceptors (Lipinski definition) is 1. The van der Waals surface area contributed by atoms with Crippen molar-refractivity contribution in [2.45, 2.75) is 25.3 Å². The third-order valence-corrected chi connectivity index (χ3v) is 12.1. The first-order valence-corrected chi connectivity index (χ1v) is 19.6. The molecule has 55 heavy (non-hydrogen) atoms. The zero-order valence-electron chi connectivity index (χ0n) is 30.6. The van der Waals surface area contributed by atoms with Gasteiger partial charge in [-0.25, -0.2) is 0 Å². The van der Waals surface area contributed by atoms with Crippen molar-refractivity contribution >= 4 is 65.3 Å². The van der Waals surface area contributed by atoms with E-state index in [9.17, 15) is 0 Å². The molecule has 0 spiro atoms. The predicted octanol–water partition coefficient (Wildman–Crippen LogP) is 13.7. The summed E-state index contributed by atoms with van der Waals surface area (Å²) in [6.45, 7) is 0. The third kappa shape index (κ3) is 5.32. The van der Waals surface area contributed by atoms with E-state index < -0.39 is 0 Å². The highest BCUT2D eigenvalue weighted by atomic mass is 15.0. The number of benzene rings is 8. The van der Waals surface area contributed by atoms with Gasteiger partial charge in [-0.05, 0) is 99.0 Å². The van der Waals surface area contributed by atoms with E-state index in [4.69, 9.17) is 0 Å². The Hall–Kier alpha value is -6.64. The number of hydrogen-bond donors (Lipinski definition) is 1. The SMILES string of the molecule is C1=C(c2ccccc2)C=C(C2CC=C(c3ccccc3)CC2)NC1c1cccc(-n2c3ccccc3c3c4c5ccccc5ccc4c4ccccc4c32)c1. The molecule has 2 atom stereocenters. The maximum absolute atomic E-state index is 4.06. The van der Waals surface area contributed by atoms with Crippen LogP contribution in [0, 0.1) is 5.92 Å². The van der Waals surface area contributed by atoms with E-state index in [-0.39, 0.29) is 6.04 Å². The fourth-order valence-electron chi connectivity index (χ4n) is 9.48. The molecule has 2 unspecified atom stereocenters. The van der Waals surface area contributed by atoms with Crippen LogP contribution < -0.4 is 5.32 Å². The first-order chi connectivity index (χ1) is 27.3. The van der Waals surface area contributed by atoms with Crippen molar-refractivity contribution in [3.63, 3.8) is 0 Å². The number of fused-ring (bicyclic) bond motifs is 10. The van der Waals surface area contributed by atoms with Gasteiger partial charge in [-0.1, -0.05) is 158 Å². The minimum atomic E-state index is 0.0317. The first-order valence-electron chi connectivity index (χ1n) is 19.6. The molecule has 2 aliphatic rings. The number of para-hydroxylation sites is 1. The van der Waals surface area contributed by atoms with Crippen LogP contribution in [0.3, 0.4) is 0 Å². The zero-order valence-corrected chi connectivity index (χ0v) is 30.6. The van der Waals surface area contributed by atoms with Crippen molar-refractivity contribution in [3.05, 3.63) is 210 Å². The van der Waals surface area contributed by atoms with Gasteiger partial charge < -0.3 is 9.88 Å². The molecule has 2 nitrogen and oxygen atoms in total. The Kier molecular flexibility index (Phi) is 7.55. The van der Waals surface area contributed by atoms with Crippen molar-refractivity contribution in [2.75, 3.05) is 0 Å². The van der Waals surface area contributed by atoms with Crippen LogP contribution in [0.25, 0.3) is 71.0 Å². The van der Waals surface area contributed by atoms with Crippen LogP contribution >= 0.6 is 0 Å². The van der Waals surface area contributed by atoms with E-state index in [0.717, 1.165) is 19.3 Å². The van der Waals surface area contributed by atoms with Gasteiger partial charge in [-0.2, -0.15) is 0 Å². The quantitative estimate of drug-likeness (QED) is 0.177. The summed E-state index contributed by atoms with van der Waals surface area (Å²) in [6.07, 6.45) is 10.6. The minimum Gasteiger partial charge on any atom is -0.378 e. The molecule has 0 fully saturated rings. The molecule has 0 saturated heterocycles. The standard InChI is InChI=1S/C53H40N2/c1-3-14-35(15-4-1)37-26-28-39(29-27-37)48-33-41(36-16-5-2-6-17-36)34-49(54-48)40-19-13-20-42(32-40)55-50-25-12-11-24-47(50)52-51-43-21-8-7-18-38(43)30-31-45(51)44-22-9-10-23-46(44)53(52)55/h1-26,30-34,39,49,54H,27-29H2. The molecule has 1 N–H and O–H groups in total. The number of nitrogens with zero attached hydrogens (tertiary/aromatic N) is 1. The summed E-state index contributed by atoms with van der Waals surface area (Å²) < 4.78 is 2.52. The van der Waals surface area contributed by atoms with Crippen molar-refractivity contribution in [1.29, 1.82) is 0 Å². The second kappa shape index (κ2) is 13.0. The van der Waals surface area contributed by atoms with Gasteiger partial charge >= 0.3 is 0 Å². The monoisotopic (exact) mass is 704 g/mol. The zero-order chi connectivity index (χ0) is 36.3. The van der Waals surface area contributed by atoms with Gasteiger partial charge in [0.1, 0.15) is 0 Å². The van der Waals surface area contributed by atoms with E-state index in [1.165, 1.54) is 93.3 Å². The van der Waals surface area contributed by atoms with Gasteiger partial charge in [0.15, 0.2) is 0 Å². The second-order valence-corrected chi connectivity index (χ2v) is 15.2. The normalized spacial score (nSPS) is 17.3. The summed E-state index contributed by atoms with van der Waals surface area (Å²) in [5.41, 5.74) is 11.6. The van der Waals surface area contributed by atoms with Crippen LogP contribution in [0.2, 0.25) is 0 Å². The number of allylic oxidation sites excluding steroid dienone is 5. The van der Waals surface area contributed by atoms with Crippen LogP contribution in [0.5, 0.6) is 0 Å². The summed E-state index contributed by atoms with van der Waals surface area (Å²) in [6, 6.07) is 62.4. The largest absolute Gasteiger partial charge is 0.378 e. The summed E-state index contributed by atoms with van der Waals surface area (Å²) in [4.78, 5) is 0. The molecule has 262 valence electrons. The van der Waals surface area contributed by atoms with E-state index in [1.807, 2.05) is 0 Å². The topological polar surface area (TPSA) is 17.0 Å². The van der Waals surface area contributed by atoms with Gasteiger partial charge in [0.25, 0.3) is 0 Å². The number of rotatable bonds is 5. The molecule has 0 amide bonds. The summed E-state index contributed by atoms with van der Waals surface area (Å²) in [7, 11) is 0. The van der Waals surface area contributed by atoms with E-state index in [0.29, 0.717) is 5.92 Å². The van der Waals surface area contributed by atoms with Crippen molar-refractivity contribution < 1.29 is 0 Å². The first kappa shape index (κ1) is 31.8. The molecule has 2 heterocycles. The molecule has 1 aromatic heterocycles. The Bertz CT molecular complexity index is 3030. The maximum atomic E-state index is 4.06. The Morgan fingerprint density at radius 1 is 0.545 bits per heavy atom. The summed E-state index contributed by atoms with van der Waals surface area (Å²) in [5.74, 6) is 0.442. The minimum absolute atomic E-state index is 0.0317. The lowest BCUT2D eigenvalue weighted by atomic mass is 9.82. The Morgan fingerprint density at radius 2 is 1.25 bits per heavy atom. The molecule has 0 bridgehead atoms. The third-order valence-electron chi connectivity index (χ3n) is 12.1. The van der Waals surface area contributed by atoms with E-state index >= 15 is 0 Å². The summed E-state index contributed by atoms with van der Waals surface area (Å²) >= 11 is 0. The molecule has 2 heteroatoms. The second-order valence-electron chi connectivity index (χ2n) is 15.2. The van der Waals surface area contributed by atoms with Gasteiger partial charge in [0.2, 0.25) is 0 Å².